The maximum Gasteiger partial charge on any atom is 0.118 e. The largest absolute Gasteiger partial charge is 0.497 e. The van der Waals surface area contributed by atoms with E-state index in [2.05, 4.69) is 23.2 Å². The van der Waals surface area contributed by atoms with E-state index in [1.165, 1.54) is 0 Å². The van der Waals surface area contributed by atoms with Gasteiger partial charge < -0.3 is 9.72 Å². The molecule has 0 saturated carbocycles. The Kier molecular flexibility index (Phi) is 3.85. The van der Waals surface area contributed by atoms with Crippen LogP contribution in [0.25, 0.3) is 22.2 Å². The highest BCUT2D eigenvalue weighted by Crippen LogP contribution is 2.37. The smallest absolute Gasteiger partial charge is 0.118 e. The van der Waals surface area contributed by atoms with Crippen LogP contribution in [0.4, 0.5) is 0 Å². The van der Waals surface area contributed by atoms with Crippen molar-refractivity contribution < 1.29 is 4.74 Å². The second-order valence-electron chi connectivity index (χ2n) is 4.55. The highest BCUT2D eigenvalue weighted by atomic mass is 32.2. The Hall–Kier alpha value is -2.38. The van der Waals surface area contributed by atoms with Gasteiger partial charge in [0.1, 0.15) is 5.75 Å². The summed E-state index contributed by atoms with van der Waals surface area (Å²) in [5.41, 5.74) is 3.23. The Bertz CT molecular complexity index is 800. The van der Waals surface area contributed by atoms with Gasteiger partial charge in [-0.15, -0.1) is 11.8 Å². The lowest BCUT2D eigenvalue weighted by atomic mass is 10.1. The van der Waals surface area contributed by atoms with E-state index in [1.807, 2.05) is 36.4 Å². The molecule has 3 rings (SSSR count). The number of benzene rings is 2. The summed E-state index contributed by atoms with van der Waals surface area (Å²) < 4.78 is 5.20. The van der Waals surface area contributed by atoms with Gasteiger partial charge in [-0.2, -0.15) is 5.26 Å². The Balaban J connectivity index is 2.13. The molecule has 1 heterocycles. The third kappa shape index (κ3) is 2.61. The van der Waals surface area contributed by atoms with Crippen molar-refractivity contribution in [1.82, 2.24) is 4.98 Å². The van der Waals surface area contributed by atoms with E-state index in [9.17, 15) is 0 Å². The average Bonchev–Trinajstić information content (AvgIpc) is 2.91. The topological polar surface area (TPSA) is 48.8 Å². The zero-order valence-electron chi connectivity index (χ0n) is 11.6. The van der Waals surface area contributed by atoms with Gasteiger partial charge in [0, 0.05) is 15.8 Å². The number of nitrogens with zero attached hydrogens (tertiary/aromatic N) is 1. The molecular weight excluding hydrogens is 280 g/mol. The third-order valence-electron chi connectivity index (χ3n) is 3.32. The Labute approximate surface area is 127 Å². The molecule has 0 atom stereocenters. The highest BCUT2D eigenvalue weighted by molar-refractivity contribution is 7.99. The number of thioether (sulfide) groups is 1. The standard InChI is InChI=1S/C17H14N2OS/c1-20-13-8-6-12(7-9-13)16-17(21-11-10-18)14-4-2-3-5-15(14)19-16/h2-9,19H,11H2,1H3. The van der Waals surface area contributed by atoms with Crippen molar-refractivity contribution in [3.63, 3.8) is 0 Å². The molecular formula is C17H14N2OS. The summed E-state index contributed by atoms with van der Waals surface area (Å²) in [6.07, 6.45) is 0. The van der Waals surface area contributed by atoms with Crippen molar-refractivity contribution in [3.8, 4) is 23.1 Å². The molecule has 0 aliphatic heterocycles. The minimum Gasteiger partial charge on any atom is -0.497 e. The monoisotopic (exact) mass is 294 g/mol. The minimum absolute atomic E-state index is 0.436. The lowest BCUT2D eigenvalue weighted by Crippen LogP contribution is -1.84. The van der Waals surface area contributed by atoms with Crippen LogP contribution in [-0.4, -0.2) is 17.8 Å². The van der Waals surface area contributed by atoms with Crippen LogP contribution in [0.5, 0.6) is 5.75 Å². The van der Waals surface area contributed by atoms with Gasteiger partial charge >= 0.3 is 0 Å². The van der Waals surface area contributed by atoms with E-state index < -0.39 is 0 Å². The van der Waals surface area contributed by atoms with Crippen molar-refractivity contribution >= 4 is 22.7 Å². The number of aromatic amines is 1. The highest BCUT2D eigenvalue weighted by Gasteiger charge is 2.13. The second-order valence-corrected chi connectivity index (χ2v) is 5.54. The fraction of sp³-hybridized carbons (Fsp3) is 0.118. The zero-order valence-corrected chi connectivity index (χ0v) is 12.4. The maximum absolute atomic E-state index is 8.87. The number of methoxy groups -OCH3 is 1. The van der Waals surface area contributed by atoms with Crippen molar-refractivity contribution in [3.05, 3.63) is 48.5 Å². The summed E-state index contributed by atoms with van der Waals surface area (Å²) in [6, 6.07) is 18.3. The lowest BCUT2D eigenvalue weighted by Gasteiger charge is -2.04. The van der Waals surface area contributed by atoms with Crippen molar-refractivity contribution in [1.29, 1.82) is 5.26 Å². The number of nitriles is 1. The van der Waals surface area contributed by atoms with Crippen molar-refractivity contribution in [2.75, 3.05) is 12.9 Å². The van der Waals surface area contributed by atoms with Crippen LogP contribution >= 0.6 is 11.8 Å². The molecule has 0 unspecified atom stereocenters. The van der Waals surface area contributed by atoms with Crippen molar-refractivity contribution in [2.45, 2.75) is 4.90 Å². The summed E-state index contributed by atoms with van der Waals surface area (Å²) in [7, 11) is 1.66. The molecule has 0 bridgehead atoms. The van der Waals surface area contributed by atoms with E-state index in [-0.39, 0.29) is 0 Å². The van der Waals surface area contributed by atoms with Crippen LogP contribution in [-0.2, 0) is 0 Å². The first-order valence-corrected chi connectivity index (χ1v) is 7.57. The van der Waals surface area contributed by atoms with Gasteiger partial charge in [0.2, 0.25) is 0 Å². The molecule has 104 valence electrons. The predicted octanol–water partition coefficient (Wildman–Crippen LogP) is 4.46. The molecule has 0 amide bonds. The second kappa shape index (κ2) is 5.94. The fourth-order valence-electron chi connectivity index (χ4n) is 2.33. The summed E-state index contributed by atoms with van der Waals surface area (Å²) in [5.74, 6) is 1.27. The molecule has 0 aliphatic carbocycles. The zero-order chi connectivity index (χ0) is 14.7. The molecule has 0 fully saturated rings. The van der Waals surface area contributed by atoms with Crippen LogP contribution in [0.1, 0.15) is 0 Å². The quantitative estimate of drug-likeness (QED) is 0.723. The van der Waals surface area contributed by atoms with Crippen LogP contribution < -0.4 is 4.74 Å². The van der Waals surface area contributed by atoms with Gasteiger partial charge in [-0.3, -0.25) is 0 Å². The van der Waals surface area contributed by atoms with E-state index >= 15 is 0 Å². The normalized spacial score (nSPS) is 10.5. The average molecular weight is 294 g/mol. The van der Waals surface area contributed by atoms with Gasteiger partial charge in [0.15, 0.2) is 0 Å². The molecule has 0 aliphatic rings. The van der Waals surface area contributed by atoms with E-state index in [1.54, 1.807) is 18.9 Å². The first-order chi connectivity index (χ1) is 10.3. The van der Waals surface area contributed by atoms with Gasteiger partial charge in [0.05, 0.1) is 24.6 Å². The number of H-pyrrole nitrogens is 1. The number of para-hydroxylation sites is 1. The summed E-state index contributed by atoms with van der Waals surface area (Å²) >= 11 is 1.56. The minimum atomic E-state index is 0.436. The van der Waals surface area contributed by atoms with Crippen LogP contribution in [0.2, 0.25) is 0 Å². The third-order valence-corrected chi connectivity index (χ3v) is 4.30. The molecule has 0 radical (unpaired) electrons. The molecule has 4 heteroatoms. The number of hydrogen-bond acceptors (Lipinski definition) is 3. The van der Waals surface area contributed by atoms with Gasteiger partial charge in [-0.25, -0.2) is 0 Å². The van der Waals surface area contributed by atoms with Crippen molar-refractivity contribution in [2.24, 2.45) is 0 Å². The summed E-state index contributed by atoms with van der Waals surface area (Å²) in [4.78, 5) is 4.58. The maximum atomic E-state index is 8.87. The summed E-state index contributed by atoms with van der Waals surface area (Å²) in [5, 5.41) is 10.0. The van der Waals surface area contributed by atoms with Crippen LogP contribution in [0, 0.1) is 11.3 Å². The Morgan fingerprint density at radius 2 is 1.90 bits per heavy atom. The lowest BCUT2D eigenvalue weighted by molar-refractivity contribution is 0.415. The predicted molar refractivity (Wildman–Crippen MR) is 86.6 cm³/mol. The molecule has 0 saturated heterocycles. The SMILES string of the molecule is COc1ccc(-c2[nH]c3ccccc3c2SCC#N)cc1. The Morgan fingerprint density at radius 3 is 2.62 bits per heavy atom. The molecule has 2 aromatic carbocycles. The first kappa shape index (κ1) is 13.6. The summed E-state index contributed by atoms with van der Waals surface area (Å²) in [6.45, 7) is 0. The van der Waals surface area contributed by atoms with Crippen LogP contribution in [0.3, 0.4) is 0 Å². The molecule has 3 nitrogen and oxygen atoms in total. The molecule has 0 spiro atoms. The number of aromatic nitrogens is 1. The van der Waals surface area contributed by atoms with Gasteiger partial charge in [0.25, 0.3) is 0 Å². The Morgan fingerprint density at radius 1 is 1.14 bits per heavy atom. The number of rotatable bonds is 4. The van der Waals surface area contributed by atoms with E-state index in [0.717, 1.165) is 32.8 Å². The fourth-order valence-corrected chi connectivity index (χ4v) is 3.19. The van der Waals surface area contributed by atoms with Crippen LogP contribution in [0.15, 0.2) is 53.4 Å². The molecule has 21 heavy (non-hydrogen) atoms. The number of fused-ring (bicyclic) bond motifs is 1. The molecule has 1 N–H and O–H groups in total. The first-order valence-electron chi connectivity index (χ1n) is 6.58. The molecule has 1 aromatic heterocycles. The number of ether oxygens (including phenoxy) is 1. The molecule has 3 aromatic rings. The van der Waals surface area contributed by atoms with Gasteiger partial charge in [-0.05, 0) is 35.9 Å². The van der Waals surface area contributed by atoms with Gasteiger partial charge in [-0.1, -0.05) is 18.2 Å². The number of nitrogens with one attached hydrogen (secondary N) is 1. The number of hydrogen-bond donors (Lipinski definition) is 1. The van der Waals surface area contributed by atoms with E-state index in [4.69, 9.17) is 10.00 Å². The van der Waals surface area contributed by atoms with E-state index in [0.29, 0.717) is 5.75 Å².